The molecule has 8 heteroatoms. The first-order valence-corrected chi connectivity index (χ1v) is 10.3. The van der Waals surface area contributed by atoms with Gasteiger partial charge in [0.15, 0.2) is 10.3 Å². The minimum absolute atomic E-state index is 0.260. The summed E-state index contributed by atoms with van der Waals surface area (Å²) in [7, 11) is 0. The molecular formula is C18H20FN5S2. The quantitative estimate of drug-likeness (QED) is 0.434. The third-order valence-electron chi connectivity index (χ3n) is 3.51. The Hall–Kier alpha value is -1.93. The highest BCUT2D eigenvalue weighted by Gasteiger charge is 2.15. The van der Waals surface area contributed by atoms with Crippen LogP contribution < -0.4 is 0 Å². The van der Waals surface area contributed by atoms with E-state index in [1.807, 2.05) is 24.5 Å². The maximum Gasteiger partial charge on any atom is 0.195 e. The van der Waals surface area contributed by atoms with Crippen molar-refractivity contribution < 1.29 is 4.39 Å². The molecule has 0 aliphatic heterocycles. The topological polar surface area (TPSA) is 56.5 Å². The van der Waals surface area contributed by atoms with Crippen molar-refractivity contribution in [1.82, 2.24) is 24.7 Å². The molecule has 2 heterocycles. The Bertz CT molecular complexity index is 860. The van der Waals surface area contributed by atoms with E-state index >= 15 is 0 Å². The zero-order valence-corrected chi connectivity index (χ0v) is 16.6. The van der Waals surface area contributed by atoms with Gasteiger partial charge in [0.05, 0.1) is 5.75 Å². The average Bonchev–Trinajstić information content (AvgIpc) is 3.01. The molecule has 0 saturated carbocycles. The van der Waals surface area contributed by atoms with Crippen LogP contribution in [0.5, 0.6) is 0 Å². The van der Waals surface area contributed by atoms with Crippen molar-refractivity contribution in [2.75, 3.05) is 5.75 Å². The van der Waals surface area contributed by atoms with Gasteiger partial charge in [-0.3, -0.25) is 4.57 Å². The van der Waals surface area contributed by atoms with Gasteiger partial charge in [0, 0.05) is 22.8 Å². The van der Waals surface area contributed by atoms with Crippen molar-refractivity contribution in [3.05, 3.63) is 53.4 Å². The first-order valence-electron chi connectivity index (χ1n) is 8.35. The fourth-order valence-corrected chi connectivity index (χ4v) is 4.10. The van der Waals surface area contributed by atoms with Gasteiger partial charge < -0.3 is 0 Å². The van der Waals surface area contributed by atoms with Crippen LogP contribution >= 0.6 is 23.5 Å². The summed E-state index contributed by atoms with van der Waals surface area (Å²) in [4.78, 5) is 8.92. The van der Waals surface area contributed by atoms with Crippen molar-refractivity contribution in [2.24, 2.45) is 0 Å². The summed E-state index contributed by atoms with van der Waals surface area (Å²) in [6.07, 6.45) is 1.04. The summed E-state index contributed by atoms with van der Waals surface area (Å²) in [6.45, 7) is 6.04. The minimum atomic E-state index is -0.260. The third kappa shape index (κ3) is 4.62. The number of benzene rings is 1. The fraction of sp³-hybridized carbons (Fsp3) is 0.333. The molecule has 0 N–H and O–H groups in total. The van der Waals surface area contributed by atoms with Crippen molar-refractivity contribution >= 4 is 23.5 Å². The van der Waals surface area contributed by atoms with Gasteiger partial charge in [-0.05, 0) is 50.6 Å². The van der Waals surface area contributed by atoms with Crippen LogP contribution in [0.2, 0.25) is 0 Å². The van der Waals surface area contributed by atoms with E-state index in [4.69, 9.17) is 0 Å². The summed E-state index contributed by atoms with van der Waals surface area (Å²) >= 11 is 3.17. The molecule has 5 nitrogen and oxygen atoms in total. The molecule has 0 bridgehead atoms. The van der Waals surface area contributed by atoms with Crippen LogP contribution in [0.25, 0.3) is 5.69 Å². The summed E-state index contributed by atoms with van der Waals surface area (Å²) in [5, 5.41) is 10.2. The largest absolute Gasteiger partial charge is 0.273 e. The summed E-state index contributed by atoms with van der Waals surface area (Å²) in [5.74, 6) is 2.07. The lowest BCUT2D eigenvalue weighted by molar-refractivity contribution is 0.627. The molecule has 0 unspecified atom stereocenters. The smallest absolute Gasteiger partial charge is 0.195 e. The highest BCUT2D eigenvalue weighted by molar-refractivity contribution is 7.99. The van der Waals surface area contributed by atoms with Gasteiger partial charge in [-0.1, -0.05) is 30.4 Å². The van der Waals surface area contributed by atoms with Crippen molar-refractivity contribution in [2.45, 2.75) is 43.3 Å². The Balaban J connectivity index is 1.88. The van der Waals surface area contributed by atoms with E-state index in [2.05, 4.69) is 27.1 Å². The molecule has 26 heavy (non-hydrogen) atoms. The predicted molar refractivity (Wildman–Crippen MR) is 103 cm³/mol. The fourth-order valence-electron chi connectivity index (χ4n) is 2.42. The van der Waals surface area contributed by atoms with Crippen LogP contribution in [0, 0.1) is 19.7 Å². The van der Waals surface area contributed by atoms with Crippen LogP contribution in [0.15, 0.2) is 40.6 Å². The normalized spacial score (nSPS) is 11.1. The first kappa shape index (κ1) is 18.8. The molecule has 0 atom stereocenters. The zero-order chi connectivity index (χ0) is 18.5. The SMILES string of the molecule is CCCSc1nnc(CSc2nc(C)cc(C)n2)n1-c1ccc(F)cc1. The molecule has 3 rings (SSSR count). The van der Waals surface area contributed by atoms with Crippen LogP contribution in [0.3, 0.4) is 0 Å². The van der Waals surface area contributed by atoms with E-state index in [0.717, 1.165) is 45.4 Å². The van der Waals surface area contributed by atoms with Crippen LogP contribution in [0.1, 0.15) is 30.6 Å². The molecule has 0 saturated heterocycles. The highest BCUT2D eigenvalue weighted by Crippen LogP contribution is 2.26. The minimum Gasteiger partial charge on any atom is -0.273 e. The Morgan fingerprint density at radius 3 is 2.35 bits per heavy atom. The molecule has 0 radical (unpaired) electrons. The van der Waals surface area contributed by atoms with Crippen molar-refractivity contribution in [3.8, 4) is 5.69 Å². The van der Waals surface area contributed by atoms with Gasteiger partial charge in [0.25, 0.3) is 0 Å². The average molecular weight is 390 g/mol. The van der Waals surface area contributed by atoms with Crippen LogP contribution in [0.4, 0.5) is 4.39 Å². The summed E-state index contributed by atoms with van der Waals surface area (Å²) in [5.41, 5.74) is 2.74. The van der Waals surface area contributed by atoms with Gasteiger partial charge >= 0.3 is 0 Å². The number of aromatic nitrogens is 5. The number of rotatable bonds is 7. The summed E-state index contributed by atoms with van der Waals surface area (Å²) < 4.78 is 15.3. The van der Waals surface area contributed by atoms with Crippen LogP contribution in [-0.2, 0) is 5.75 Å². The maximum absolute atomic E-state index is 13.3. The number of halogens is 1. The lowest BCUT2D eigenvalue weighted by atomic mass is 10.3. The highest BCUT2D eigenvalue weighted by atomic mass is 32.2. The second kappa shape index (κ2) is 8.64. The molecule has 1 aromatic carbocycles. The second-order valence-corrected chi connectivity index (χ2v) is 7.79. The molecule has 0 fully saturated rings. The number of aryl methyl sites for hydroxylation is 2. The van der Waals surface area contributed by atoms with Crippen LogP contribution in [-0.4, -0.2) is 30.5 Å². The van der Waals surface area contributed by atoms with Gasteiger partial charge in [-0.25, -0.2) is 14.4 Å². The van der Waals surface area contributed by atoms with Crippen molar-refractivity contribution in [3.63, 3.8) is 0 Å². The van der Waals surface area contributed by atoms with E-state index < -0.39 is 0 Å². The van der Waals surface area contributed by atoms with E-state index in [1.54, 1.807) is 23.9 Å². The monoisotopic (exact) mass is 389 g/mol. The standard InChI is InChI=1S/C18H20FN5S2/c1-4-9-25-18-23-22-16(24(18)15-7-5-14(19)6-8-15)11-26-17-20-12(2)10-13(3)21-17/h5-8,10H,4,9,11H2,1-3H3. The molecular weight excluding hydrogens is 369 g/mol. The number of nitrogens with zero attached hydrogens (tertiary/aromatic N) is 5. The Kier molecular flexibility index (Phi) is 6.26. The molecule has 0 aliphatic rings. The van der Waals surface area contributed by atoms with Gasteiger partial charge in [0.2, 0.25) is 0 Å². The first-order chi connectivity index (χ1) is 12.6. The van der Waals surface area contributed by atoms with Crippen molar-refractivity contribution in [1.29, 1.82) is 0 Å². The molecule has 0 aliphatic carbocycles. The van der Waals surface area contributed by atoms with Gasteiger partial charge in [-0.2, -0.15) is 0 Å². The van der Waals surface area contributed by atoms with E-state index in [9.17, 15) is 4.39 Å². The molecule has 3 aromatic rings. The molecule has 0 amide bonds. The zero-order valence-electron chi connectivity index (χ0n) is 14.9. The predicted octanol–water partition coefficient (Wildman–Crippen LogP) is 4.61. The number of hydrogen-bond donors (Lipinski definition) is 0. The third-order valence-corrected chi connectivity index (χ3v) is 5.49. The maximum atomic E-state index is 13.3. The molecule has 2 aromatic heterocycles. The van der Waals surface area contributed by atoms with E-state index in [-0.39, 0.29) is 5.82 Å². The van der Waals surface area contributed by atoms with Gasteiger partial charge in [0.1, 0.15) is 11.6 Å². The molecule has 136 valence electrons. The molecule has 0 spiro atoms. The number of thioether (sulfide) groups is 2. The Morgan fingerprint density at radius 2 is 1.69 bits per heavy atom. The second-order valence-electron chi connectivity index (χ2n) is 5.78. The number of hydrogen-bond acceptors (Lipinski definition) is 6. The van der Waals surface area contributed by atoms with E-state index in [0.29, 0.717) is 5.75 Å². The Morgan fingerprint density at radius 1 is 1.00 bits per heavy atom. The summed E-state index contributed by atoms with van der Waals surface area (Å²) in [6, 6.07) is 8.35. The lowest BCUT2D eigenvalue weighted by Gasteiger charge is -2.10. The lowest BCUT2D eigenvalue weighted by Crippen LogP contribution is -2.03. The Labute approximate surface area is 160 Å². The van der Waals surface area contributed by atoms with E-state index in [1.165, 1.54) is 23.9 Å². The van der Waals surface area contributed by atoms with Gasteiger partial charge in [-0.15, -0.1) is 10.2 Å².